The molecule has 0 spiro atoms. The van der Waals surface area contributed by atoms with Gasteiger partial charge in [-0.3, -0.25) is 0 Å². The highest BCUT2D eigenvalue weighted by Gasteiger charge is 2.23. The number of aromatic nitrogens is 1. The second-order valence-corrected chi connectivity index (χ2v) is 9.91. The first kappa shape index (κ1) is 12.4. The average molecular weight is 416 g/mol. The fraction of sp³-hybridized carbons (Fsp3) is 0.100. The van der Waals surface area contributed by atoms with Crippen LogP contribution in [0.25, 0.3) is 10.9 Å². The quantitative estimate of drug-likeness (QED) is 0.563. The predicted octanol–water partition coefficient (Wildman–Crippen LogP) is 4.81. The number of hydrogen-bond donors (Lipinski definition) is 0. The van der Waals surface area contributed by atoms with Crippen molar-refractivity contribution >= 4 is 58.7 Å². The predicted molar refractivity (Wildman–Crippen MR) is 70.1 cm³/mol. The van der Waals surface area contributed by atoms with Crippen molar-refractivity contribution in [1.82, 2.24) is 4.98 Å². The van der Waals surface area contributed by atoms with Crippen molar-refractivity contribution in [2.24, 2.45) is 0 Å². The van der Waals surface area contributed by atoms with Gasteiger partial charge < -0.3 is 0 Å². The van der Waals surface area contributed by atoms with Gasteiger partial charge in [0.15, 0.2) is 2.14 Å². The van der Waals surface area contributed by atoms with Crippen molar-refractivity contribution in [3.63, 3.8) is 0 Å². The molecule has 1 heterocycles. The largest absolute Gasteiger partial charge is 0.249 e. The number of pyridine rings is 1. The van der Waals surface area contributed by atoms with Gasteiger partial charge in [-0.15, -0.1) is 0 Å². The Morgan fingerprint density at radius 3 is 2.38 bits per heavy atom. The summed E-state index contributed by atoms with van der Waals surface area (Å²) in [5, 5.41) is 0.293. The van der Waals surface area contributed by atoms with Crippen molar-refractivity contribution in [2.45, 2.75) is 2.14 Å². The maximum atomic E-state index is 13.4. The van der Waals surface area contributed by atoms with E-state index in [4.69, 9.17) is 0 Å². The molecule has 1 aromatic heterocycles. The van der Waals surface area contributed by atoms with Crippen LogP contribution in [0, 0.1) is 11.6 Å². The maximum Gasteiger partial charge on any atom is 0.176 e. The SMILES string of the molecule is Fc1cc(F)c2ccc(C(Br)(Br)Br)nc2c1. The molecule has 1 nitrogen and oxygen atoms in total. The molecule has 0 fully saturated rings. The molecule has 84 valence electrons. The third-order valence-electron chi connectivity index (χ3n) is 2.01. The molecule has 0 N–H and O–H groups in total. The molecule has 0 bridgehead atoms. The minimum absolute atomic E-state index is 0.276. The zero-order valence-electron chi connectivity index (χ0n) is 7.65. The number of nitrogens with zero attached hydrogens (tertiary/aromatic N) is 1. The van der Waals surface area contributed by atoms with Crippen LogP contribution in [0.15, 0.2) is 24.3 Å². The highest BCUT2D eigenvalue weighted by Crippen LogP contribution is 2.43. The molecule has 0 aliphatic heterocycles. The summed E-state index contributed by atoms with van der Waals surface area (Å²) in [7, 11) is 0. The Hall–Kier alpha value is -0.0700. The van der Waals surface area contributed by atoms with E-state index >= 15 is 0 Å². The molecule has 1 aromatic carbocycles. The van der Waals surface area contributed by atoms with Gasteiger partial charge in [-0.2, -0.15) is 0 Å². The van der Waals surface area contributed by atoms with E-state index in [-0.39, 0.29) is 5.52 Å². The molecular formula is C10H4Br3F2N. The summed E-state index contributed by atoms with van der Waals surface area (Å²) in [4.78, 5) is 4.15. The van der Waals surface area contributed by atoms with Crippen molar-refractivity contribution in [3.05, 3.63) is 41.6 Å². The third kappa shape index (κ3) is 2.43. The first-order valence-corrected chi connectivity index (χ1v) is 6.59. The van der Waals surface area contributed by atoms with Gasteiger partial charge >= 0.3 is 0 Å². The summed E-state index contributed by atoms with van der Waals surface area (Å²) in [6, 6.07) is 5.24. The summed E-state index contributed by atoms with van der Waals surface area (Å²) in [6.45, 7) is 0. The summed E-state index contributed by atoms with van der Waals surface area (Å²) in [5.74, 6) is -1.25. The van der Waals surface area contributed by atoms with Crippen LogP contribution in [0.5, 0.6) is 0 Å². The number of benzene rings is 1. The zero-order chi connectivity index (χ0) is 11.9. The number of fused-ring (bicyclic) bond motifs is 1. The molecule has 0 atom stereocenters. The van der Waals surface area contributed by atoms with Crippen molar-refractivity contribution in [1.29, 1.82) is 0 Å². The van der Waals surface area contributed by atoms with Crippen LogP contribution >= 0.6 is 47.8 Å². The van der Waals surface area contributed by atoms with Crippen LogP contribution < -0.4 is 0 Å². The van der Waals surface area contributed by atoms with Gasteiger partial charge in [0.1, 0.15) is 11.6 Å². The summed E-state index contributed by atoms with van der Waals surface area (Å²) < 4.78 is 25.7. The van der Waals surface area contributed by atoms with Crippen LogP contribution in [-0.4, -0.2) is 4.98 Å². The molecule has 16 heavy (non-hydrogen) atoms. The van der Waals surface area contributed by atoms with Crippen LogP contribution in [0.1, 0.15) is 5.69 Å². The van der Waals surface area contributed by atoms with Gasteiger partial charge in [-0.1, -0.05) is 47.8 Å². The lowest BCUT2D eigenvalue weighted by Crippen LogP contribution is -2.01. The van der Waals surface area contributed by atoms with Crippen LogP contribution in [0.4, 0.5) is 8.78 Å². The first-order chi connectivity index (χ1) is 7.38. The topological polar surface area (TPSA) is 12.9 Å². The number of hydrogen-bond acceptors (Lipinski definition) is 1. The second kappa shape index (κ2) is 4.31. The molecular weight excluding hydrogens is 412 g/mol. The lowest BCUT2D eigenvalue weighted by Gasteiger charge is -2.12. The Balaban J connectivity index is 2.71. The van der Waals surface area contributed by atoms with E-state index < -0.39 is 13.8 Å². The number of alkyl halides is 3. The lowest BCUT2D eigenvalue weighted by molar-refractivity contribution is 0.591. The van der Waals surface area contributed by atoms with Gasteiger partial charge in [0.2, 0.25) is 0 Å². The minimum atomic E-state index is -0.690. The van der Waals surface area contributed by atoms with Crippen molar-refractivity contribution in [2.75, 3.05) is 0 Å². The van der Waals surface area contributed by atoms with Crippen molar-refractivity contribution < 1.29 is 8.78 Å². The molecule has 6 heteroatoms. The standard InChI is InChI=1S/C10H4Br3F2N/c11-10(12,13)9-2-1-6-7(15)3-5(14)4-8(6)16-9/h1-4H. The van der Waals surface area contributed by atoms with Crippen molar-refractivity contribution in [3.8, 4) is 0 Å². The normalized spacial score (nSPS) is 12.1. The van der Waals surface area contributed by atoms with E-state index in [9.17, 15) is 8.78 Å². The first-order valence-electron chi connectivity index (χ1n) is 4.21. The molecule has 0 aliphatic carbocycles. The maximum absolute atomic E-state index is 13.4. The Kier molecular flexibility index (Phi) is 3.34. The molecule has 2 aromatic rings. The monoisotopic (exact) mass is 413 g/mol. The highest BCUT2D eigenvalue weighted by atomic mass is 80.0. The molecule has 0 amide bonds. The Morgan fingerprint density at radius 1 is 1.06 bits per heavy atom. The van der Waals surface area contributed by atoms with Crippen LogP contribution in [0.2, 0.25) is 0 Å². The van der Waals surface area contributed by atoms with Crippen LogP contribution in [0.3, 0.4) is 0 Å². The second-order valence-electron chi connectivity index (χ2n) is 3.15. The molecule has 2 rings (SSSR count). The van der Waals surface area contributed by atoms with E-state index in [0.717, 1.165) is 6.07 Å². The number of halogens is 5. The Bertz CT molecular complexity index is 551. The Labute approximate surface area is 116 Å². The molecule has 0 radical (unpaired) electrons. The van der Waals surface area contributed by atoms with E-state index in [1.165, 1.54) is 6.07 Å². The molecule has 0 aliphatic rings. The van der Waals surface area contributed by atoms with Gasteiger partial charge in [-0.05, 0) is 12.1 Å². The molecule has 0 unspecified atom stereocenters. The lowest BCUT2D eigenvalue weighted by atomic mass is 10.2. The van der Waals surface area contributed by atoms with Gasteiger partial charge in [-0.25, -0.2) is 13.8 Å². The number of rotatable bonds is 0. The highest BCUT2D eigenvalue weighted by molar-refractivity contribution is 9.38. The summed E-state index contributed by atoms with van der Waals surface area (Å²) in [5.41, 5.74) is 0.850. The minimum Gasteiger partial charge on any atom is -0.249 e. The van der Waals surface area contributed by atoms with E-state index in [1.54, 1.807) is 12.1 Å². The van der Waals surface area contributed by atoms with Gasteiger partial charge in [0, 0.05) is 17.5 Å². The molecule has 0 saturated carbocycles. The zero-order valence-corrected chi connectivity index (χ0v) is 12.4. The smallest absolute Gasteiger partial charge is 0.176 e. The third-order valence-corrected chi connectivity index (χ3v) is 3.23. The van der Waals surface area contributed by atoms with Gasteiger partial charge in [0.05, 0.1) is 11.2 Å². The van der Waals surface area contributed by atoms with Gasteiger partial charge in [0.25, 0.3) is 0 Å². The van der Waals surface area contributed by atoms with Crippen LogP contribution in [-0.2, 0) is 2.14 Å². The fourth-order valence-corrected chi connectivity index (χ4v) is 1.98. The fourth-order valence-electron chi connectivity index (χ4n) is 1.32. The average Bonchev–Trinajstić information content (AvgIpc) is 2.15. The summed E-state index contributed by atoms with van der Waals surface area (Å²) in [6.07, 6.45) is 0. The Morgan fingerprint density at radius 2 is 1.75 bits per heavy atom. The van der Waals surface area contributed by atoms with E-state index in [1.807, 2.05) is 0 Å². The van der Waals surface area contributed by atoms with E-state index in [2.05, 4.69) is 52.8 Å². The summed E-state index contributed by atoms with van der Waals surface area (Å²) >= 11 is 9.88. The molecule has 0 saturated heterocycles. The van der Waals surface area contributed by atoms with E-state index in [0.29, 0.717) is 11.1 Å².